The fraction of sp³-hybridized carbons (Fsp3) is 0.429. The summed E-state index contributed by atoms with van der Waals surface area (Å²) in [6.07, 6.45) is 5.91. The monoisotopic (exact) mass is 170 g/mol. The molecule has 0 N–H and O–H groups in total. The lowest BCUT2D eigenvalue weighted by atomic mass is 10.3. The highest BCUT2D eigenvalue weighted by atomic mass is 32.2. The summed E-state index contributed by atoms with van der Waals surface area (Å²) in [5.74, 6) is 0. The normalized spacial score (nSPS) is 13.0. The molecule has 1 atom stereocenters. The van der Waals surface area contributed by atoms with Crippen LogP contribution in [0.2, 0.25) is 0 Å². The first-order chi connectivity index (χ1) is 5.24. The van der Waals surface area contributed by atoms with Gasteiger partial charge in [-0.05, 0) is 12.0 Å². The molecule has 0 aliphatic carbocycles. The Morgan fingerprint density at radius 1 is 1.45 bits per heavy atom. The Bertz CT molecular complexity index is 222. The van der Waals surface area contributed by atoms with Crippen LogP contribution in [0.3, 0.4) is 0 Å². The second kappa shape index (κ2) is 3.69. The Balaban J connectivity index is 2.83. The maximum atomic E-state index is 10.8. The number of hydrogen-bond donors (Lipinski definition) is 0. The van der Waals surface area contributed by atoms with Crippen molar-refractivity contribution < 1.29 is 4.55 Å². The van der Waals surface area contributed by atoms with E-state index in [1.54, 1.807) is 18.6 Å². The standard InChI is InChI=1S/C7H10N2OS/c1-3-6-4-8-7(9-5-6)11(2)10/h4-5H,3H2,1-2H3. The molecule has 1 aromatic heterocycles. The summed E-state index contributed by atoms with van der Waals surface area (Å²) < 4.78 is 10.8. The maximum Gasteiger partial charge on any atom is 0.342 e. The quantitative estimate of drug-likeness (QED) is 0.486. The molecule has 11 heavy (non-hydrogen) atoms. The minimum Gasteiger partial charge on any atom is -0.609 e. The Hall–Kier alpha value is -0.610. The van der Waals surface area contributed by atoms with Gasteiger partial charge < -0.3 is 4.55 Å². The van der Waals surface area contributed by atoms with E-state index in [2.05, 4.69) is 9.97 Å². The summed E-state index contributed by atoms with van der Waals surface area (Å²) in [7, 11) is 0. The number of nitrogens with zero attached hydrogens (tertiary/aromatic N) is 2. The molecule has 0 amide bonds. The zero-order valence-electron chi connectivity index (χ0n) is 6.57. The van der Waals surface area contributed by atoms with Crippen LogP contribution in [0, 0.1) is 0 Å². The first-order valence-corrected chi connectivity index (χ1v) is 4.94. The van der Waals surface area contributed by atoms with E-state index in [9.17, 15) is 4.55 Å². The molecule has 0 aliphatic heterocycles. The first-order valence-electron chi connectivity index (χ1n) is 3.38. The third-order valence-electron chi connectivity index (χ3n) is 1.35. The van der Waals surface area contributed by atoms with Crippen molar-refractivity contribution in [2.75, 3.05) is 6.26 Å². The summed E-state index contributed by atoms with van der Waals surface area (Å²) in [5, 5.41) is 0.405. The lowest BCUT2D eigenvalue weighted by molar-refractivity contribution is 0.591. The molecule has 1 heterocycles. The molecule has 3 nitrogen and oxygen atoms in total. The zero-order valence-corrected chi connectivity index (χ0v) is 7.39. The molecule has 1 unspecified atom stereocenters. The van der Waals surface area contributed by atoms with Gasteiger partial charge in [-0.3, -0.25) is 0 Å². The number of aryl methyl sites for hydroxylation is 1. The van der Waals surface area contributed by atoms with Gasteiger partial charge in [0.25, 0.3) is 0 Å². The molecule has 60 valence electrons. The predicted octanol–water partition coefficient (Wildman–Crippen LogP) is 0.776. The van der Waals surface area contributed by atoms with Gasteiger partial charge in [0.1, 0.15) is 6.26 Å². The highest BCUT2D eigenvalue weighted by Gasteiger charge is 2.05. The van der Waals surface area contributed by atoms with Crippen LogP contribution in [0.5, 0.6) is 0 Å². The van der Waals surface area contributed by atoms with Crippen molar-refractivity contribution >= 4 is 11.2 Å². The van der Waals surface area contributed by atoms with Crippen molar-refractivity contribution in [3.05, 3.63) is 18.0 Å². The summed E-state index contributed by atoms with van der Waals surface area (Å²) in [4.78, 5) is 7.88. The molecule has 0 radical (unpaired) electrons. The molecule has 0 saturated heterocycles. The van der Waals surface area contributed by atoms with Gasteiger partial charge >= 0.3 is 5.16 Å². The third kappa shape index (κ3) is 2.17. The average Bonchev–Trinajstić information content (AvgIpc) is 2.05. The smallest absolute Gasteiger partial charge is 0.342 e. The van der Waals surface area contributed by atoms with E-state index in [-0.39, 0.29) is 0 Å². The highest BCUT2D eigenvalue weighted by Crippen LogP contribution is 2.01. The minimum atomic E-state index is -1.06. The van der Waals surface area contributed by atoms with Gasteiger partial charge in [-0.1, -0.05) is 6.92 Å². The SMILES string of the molecule is CCc1cnc([S+](C)[O-])nc1. The predicted molar refractivity (Wildman–Crippen MR) is 43.7 cm³/mol. The van der Waals surface area contributed by atoms with Crippen LogP contribution in [-0.4, -0.2) is 20.8 Å². The first kappa shape index (κ1) is 8.49. The second-order valence-electron chi connectivity index (χ2n) is 2.18. The van der Waals surface area contributed by atoms with E-state index in [4.69, 9.17) is 0 Å². The third-order valence-corrected chi connectivity index (χ3v) is 2.07. The molecule has 4 heteroatoms. The Morgan fingerprint density at radius 2 is 2.00 bits per heavy atom. The fourth-order valence-corrected chi connectivity index (χ4v) is 1.08. The Kier molecular flexibility index (Phi) is 2.84. The van der Waals surface area contributed by atoms with Crippen LogP contribution in [-0.2, 0) is 17.6 Å². The summed E-state index contributed by atoms with van der Waals surface area (Å²) >= 11 is -1.06. The van der Waals surface area contributed by atoms with E-state index in [0.29, 0.717) is 5.16 Å². The van der Waals surface area contributed by atoms with E-state index >= 15 is 0 Å². The molecule has 1 aromatic rings. The zero-order chi connectivity index (χ0) is 8.27. The van der Waals surface area contributed by atoms with Crippen LogP contribution in [0.25, 0.3) is 0 Å². The van der Waals surface area contributed by atoms with Crippen molar-refractivity contribution in [1.82, 2.24) is 9.97 Å². The second-order valence-corrected chi connectivity index (χ2v) is 3.45. The number of aromatic nitrogens is 2. The lowest BCUT2D eigenvalue weighted by Gasteiger charge is -2.00. The van der Waals surface area contributed by atoms with E-state index in [1.807, 2.05) is 6.92 Å². The molecule has 0 aromatic carbocycles. The molecule has 0 aliphatic rings. The van der Waals surface area contributed by atoms with Crippen molar-refractivity contribution in [2.45, 2.75) is 18.5 Å². The van der Waals surface area contributed by atoms with Crippen LogP contribution < -0.4 is 0 Å². The molecule has 0 saturated carbocycles. The van der Waals surface area contributed by atoms with Crippen molar-refractivity contribution in [2.24, 2.45) is 0 Å². The Morgan fingerprint density at radius 3 is 2.36 bits per heavy atom. The van der Waals surface area contributed by atoms with Gasteiger partial charge in [-0.25, -0.2) is 0 Å². The summed E-state index contributed by atoms with van der Waals surface area (Å²) in [5.41, 5.74) is 1.07. The van der Waals surface area contributed by atoms with Crippen LogP contribution in [0.15, 0.2) is 17.6 Å². The van der Waals surface area contributed by atoms with Gasteiger partial charge in [0, 0.05) is 23.6 Å². The van der Waals surface area contributed by atoms with Crippen LogP contribution in [0.4, 0.5) is 0 Å². The lowest BCUT2D eigenvalue weighted by Crippen LogP contribution is -2.03. The van der Waals surface area contributed by atoms with Gasteiger partial charge in [-0.2, -0.15) is 9.97 Å². The Labute approximate surface area is 69.1 Å². The molecular weight excluding hydrogens is 160 g/mol. The van der Waals surface area contributed by atoms with E-state index < -0.39 is 11.2 Å². The summed E-state index contributed by atoms with van der Waals surface area (Å²) in [6, 6.07) is 0. The molecular formula is C7H10N2OS. The van der Waals surface area contributed by atoms with E-state index in [0.717, 1.165) is 12.0 Å². The van der Waals surface area contributed by atoms with Gasteiger partial charge in [0.2, 0.25) is 0 Å². The largest absolute Gasteiger partial charge is 0.609 e. The summed E-state index contributed by atoms with van der Waals surface area (Å²) in [6.45, 7) is 2.03. The van der Waals surface area contributed by atoms with Gasteiger partial charge in [0.05, 0.1) is 0 Å². The minimum absolute atomic E-state index is 0.405. The average molecular weight is 170 g/mol. The van der Waals surface area contributed by atoms with E-state index in [1.165, 1.54) is 0 Å². The fourth-order valence-electron chi connectivity index (χ4n) is 0.674. The number of rotatable bonds is 2. The van der Waals surface area contributed by atoms with Gasteiger partial charge in [0.15, 0.2) is 0 Å². The van der Waals surface area contributed by atoms with Crippen LogP contribution >= 0.6 is 0 Å². The molecule has 1 rings (SSSR count). The van der Waals surface area contributed by atoms with Crippen molar-refractivity contribution in [1.29, 1.82) is 0 Å². The number of hydrogen-bond acceptors (Lipinski definition) is 3. The van der Waals surface area contributed by atoms with Crippen molar-refractivity contribution in [3.63, 3.8) is 0 Å². The molecule has 0 bridgehead atoms. The highest BCUT2D eigenvalue weighted by molar-refractivity contribution is 7.90. The molecule has 0 spiro atoms. The molecule has 0 fully saturated rings. The maximum absolute atomic E-state index is 10.8. The van der Waals surface area contributed by atoms with Gasteiger partial charge in [-0.15, -0.1) is 0 Å². The van der Waals surface area contributed by atoms with Crippen molar-refractivity contribution in [3.8, 4) is 0 Å². The topological polar surface area (TPSA) is 48.8 Å². The van der Waals surface area contributed by atoms with Crippen LogP contribution in [0.1, 0.15) is 12.5 Å².